The Morgan fingerprint density at radius 3 is 2.77 bits per heavy atom. The Hall–Kier alpha value is -1.00. The quantitative estimate of drug-likeness (QED) is 0.630. The van der Waals surface area contributed by atoms with E-state index in [2.05, 4.69) is 0 Å². The van der Waals surface area contributed by atoms with Crippen LogP contribution in [0, 0.1) is 11.6 Å². The summed E-state index contributed by atoms with van der Waals surface area (Å²) in [7, 11) is 0. The summed E-state index contributed by atoms with van der Waals surface area (Å²) in [6.45, 7) is 0. The summed E-state index contributed by atoms with van der Waals surface area (Å²) in [5.41, 5.74) is 6.13. The van der Waals surface area contributed by atoms with E-state index in [-0.39, 0.29) is 5.56 Å². The van der Waals surface area contributed by atoms with Crippen molar-refractivity contribution in [3.8, 4) is 0 Å². The molecular weight excluding hydrogens is 176 g/mol. The highest BCUT2D eigenvalue weighted by atomic mass is 19.1. The van der Waals surface area contributed by atoms with E-state index in [4.69, 9.17) is 5.73 Å². The van der Waals surface area contributed by atoms with Crippen LogP contribution >= 0.6 is 0 Å². The van der Waals surface area contributed by atoms with Crippen molar-refractivity contribution in [3.63, 3.8) is 0 Å². The molecule has 0 fully saturated rings. The van der Waals surface area contributed by atoms with Gasteiger partial charge in [0, 0.05) is 17.7 Å². The van der Waals surface area contributed by atoms with Crippen molar-refractivity contribution in [3.05, 3.63) is 34.9 Å². The third-order valence-corrected chi connectivity index (χ3v) is 2.34. The largest absolute Gasteiger partial charge is 0.387 e. The minimum absolute atomic E-state index is 0.147. The average Bonchev–Trinajstić information content (AvgIpc) is 2.27. The lowest BCUT2D eigenvalue weighted by molar-refractivity contribution is 0.155. The summed E-state index contributed by atoms with van der Waals surface area (Å²) in [6, 6.07) is 1.46. The number of benzene rings is 1. The van der Waals surface area contributed by atoms with Crippen molar-refractivity contribution in [1.82, 2.24) is 0 Å². The number of halogens is 2. The molecule has 2 rings (SSSR count). The Labute approximate surface area is 74.0 Å². The van der Waals surface area contributed by atoms with Crippen molar-refractivity contribution in [2.75, 3.05) is 0 Å². The van der Waals surface area contributed by atoms with Crippen LogP contribution in [0.5, 0.6) is 0 Å². The molecule has 0 saturated carbocycles. The normalized spacial score (nSPS) is 26.2. The molecule has 70 valence electrons. The predicted octanol–water partition coefficient (Wildman–Crippen LogP) is 0.882. The number of aliphatic hydroxyl groups excluding tert-OH is 1. The fourth-order valence-corrected chi connectivity index (χ4v) is 1.72. The first-order valence-corrected chi connectivity index (χ1v) is 4.01. The molecule has 0 aliphatic heterocycles. The number of aliphatic hydroxyl groups is 1. The van der Waals surface area contributed by atoms with Gasteiger partial charge in [-0.05, 0) is 18.1 Å². The molecule has 4 heteroatoms. The first kappa shape index (κ1) is 8.59. The van der Waals surface area contributed by atoms with Gasteiger partial charge in [0.05, 0.1) is 6.10 Å². The van der Waals surface area contributed by atoms with Gasteiger partial charge < -0.3 is 10.8 Å². The van der Waals surface area contributed by atoms with Gasteiger partial charge >= 0.3 is 0 Å². The van der Waals surface area contributed by atoms with E-state index in [1.54, 1.807) is 0 Å². The Morgan fingerprint density at radius 2 is 2.08 bits per heavy atom. The van der Waals surface area contributed by atoms with Gasteiger partial charge in [-0.2, -0.15) is 0 Å². The summed E-state index contributed by atoms with van der Waals surface area (Å²) in [4.78, 5) is 0. The van der Waals surface area contributed by atoms with E-state index in [9.17, 15) is 13.9 Å². The molecule has 3 N–H and O–H groups in total. The van der Waals surface area contributed by atoms with E-state index >= 15 is 0 Å². The molecule has 1 aliphatic carbocycles. The molecule has 0 heterocycles. The molecule has 0 saturated heterocycles. The lowest BCUT2D eigenvalue weighted by atomic mass is 10.1. The van der Waals surface area contributed by atoms with E-state index in [1.165, 1.54) is 6.07 Å². The molecule has 1 aromatic rings. The van der Waals surface area contributed by atoms with Crippen LogP contribution in [-0.4, -0.2) is 11.1 Å². The van der Waals surface area contributed by atoms with Crippen molar-refractivity contribution < 1.29 is 13.9 Å². The molecule has 0 radical (unpaired) electrons. The monoisotopic (exact) mass is 185 g/mol. The summed E-state index contributed by atoms with van der Waals surface area (Å²) in [5, 5.41) is 9.43. The molecule has 0 spiro atoms. The van der Waals surface area contributed by atoms with Crippen LogP contribution < -0.4 is 5.73 Å². The van der Waals surface area contributed by atoms with Crippen LogP contribution in [0.1, 0.15) is 17.2 Å². The van der Waals surface area contributed by atoms with Crippen LogP contribution in [0.3, 0.4) is 0 Å². The fourth-order valence-electron chi connectivity index (χ4n) is 1.72. The van der Waals surface area contributed by atoms with Crippen LogP contribution in [0.2, 0.25) is 0 Å². The molecule has 0 unspecified atom stereocenters. The first-order chi connectivity index (χ1) is 6.09. The van der Waals surface area contributed by atoms with Gasteiger partial charge in [0.1, 0.15) is 11.6 Å². The van der Waals surface area contributed by atoms with Crippen LogP contribution in [0.4, 0.5) is 8.78 Å². The highest BCUT2D eigenvalue weighted by Crippen LogP contribution is 2.32. The summed E-state index contributed by atoms with van der Waals surface area (Å²) in [5.74, 6) is -1.34. The molecule has 2 atom stereocenters. The zero-order valence-electron chi connectivity index (χ0n) is 6.80. The highest BCUT2D eigenvalue weighted by molar-refractivity contribution is 5.37. The van der Waals surface area contributed by atoms with Crippen molar-refractivity contribution in [2.24, 2.45) is 5.73 Å². The average molecular weight is 185 g/mol. The number of hydrogen-bond acceptors (Lipinski definition) is 2. The Morgan fingerprint density at radius 1 is 1.38 bits per heavy atom. The first-order valence-electron chi connectivity index (χ1n) is 4.01. The molecule has 1 aliphatic rings. The number of rotatable bonds is 0. The predicted molar refractivity (Wildman–Crippen MR) is 43.0 cm³/mol. The maximum Gasteiger partial charge on any atom is 0.132 e. The van der Waals surface area contributed by atoms with Crippen LogP contribution in [-0.2, 0) is 6.42 Å². The van der Waals surface area contributed by atoms with Gasteiger partial charge in [0.15, 0.2) is 0 Å². The van der Waals surface area contributed by atoms with Gasteiger partial charge in [-0.25, -0.2) is 8.78 Å². The molecule has 0 bridgehead atoms. The van der Waals surface area contributed by atoms with E-state index < -0.39 is 23.8 Å². The van der Waals surface area contributed by atoms with Crippen molar-refractivity contribution in [2.45, 2.75) is 18.6 Å². The smallest absolute Gasteiger partial charge is 0.132 e. The van der Waals surface area contributed by atoms with Gasteiger partial charge in [-0.3, -0.25) is 0 Å². The number of nitrogens with two attached hydrogens (primary N) is 1. The molecule has 0 amide bonds. The minimum Gasteiger partial charge on any atom is -0.387 e. The van der Waals surface area contributed by atoms with E-state index in [0.29, 0.717) is 12.0 Å². The zero-order valence-corrected chi connectivity index (χ0v) is 6.80. The summed E-state index contributed by atoms with van der Waals surface area (Å²) < 4.78 is 25.8. The fraction of sp³-hybridized carbons (Fsp3) is 0.333. The summed E-state index contributed by atoms with van der Waals surface area (Å²) >= 11 is 0. The van der Waals surface area contributed by atoms with E-state index in [1.807, 2.05) is 0 Å². The minimum atomic E-state index is -1.00. The molecule has 2 nitrogen and oxygen atoms in total. The molecule has 13 heavy (non-hydrogen) atoms. The SMILES string of the molecule is N[C@H]1Cc2cc(F)cc(F)c2[C@@H]1O. The van der Waals surface area contributed by atoms with Gasteiger partial charge in [0.25, 0.3) is 0 Å². The maximum absolute atomic E-state index is 13.1. The maximum atomic E-state index is 13.1. The van der Waals surface area contributed by atoms with Crippen LogP contribution in [0.15, 0.2) is 12.1 Å². The lowest BCUT2D eigenvalue weighted by Crippen LogP contribution is -2.24. The summed E-state index contributed by atoms with van der Waals surface area (Å²) in [6.07, 6.45) is -0.679. The Balaban J connectivity index is 2.57. The molecule has 0 aromatic heterocycles. The number of hydrogen-bond donors (Lipinski definition) is 2. The van der Waals surface area contributed by atoms with Crippen molar-refractivity contribution in [1.29, 1.82) is 0 Å². The topological polar surface area (TPSA) is 46.2 Å². The van der Waals surface area contributed by atoms with Gasteiger partial charge in [0.2, 0.25) is 0 Å². The Kier molecular flexibility index (Phi) is 1.82. The van der Waals surface area contributed by atoms with Crippen molar-refractivity contribution >= 4 is 0 Å². The second-order valence-corrected chi connectivity index (χ2v) is 3.27. The second kappa shape index (κ2) is 2.75. The standard InChI is InChI=1S/C9H9F2NO/c10-5-1-4-2-7(12)9(13)8(4)6(11)3-5/h1,3,7,9,13H,2,12H2/t7-,9+/m0/s1. The zero-order chi connectivity index (χ0) is 9.59. The van der Waals surface area contributed by atoms with Gasteiger partial charge in [-0.1, -0.05) is 0 Å². The third-order valence-electron chi connectivity index (χ3n) is 2.34. The second-order valence-electron chi connectivity index (χ2n) is 3.27. The lowest BCUT2D eigenvalue weighted by Gasteiger charge is -2.08. The number of fused-ring (bicyclic) bond motifs is 1. The van der Waals surface area contributed by atoms with Gasteiger partial charge in [-0.15, -0.1) is 0 Å². The molecular formula is C9H9F2NO. The molecule has 1 aromatic carbocycles. The highest BCUT2D eigenvalue weighted by Gasteiger charge is 2.31. The van der Waals surface area contributed by atoms with Crippen LogP contribution in [0.25, 0.3) is 0 Å². The van der Waals surface area contributed by atoms with E-state index in [0.717, 1.165) is 6.07 Å². The third kappa shape index (κ3) is 1.22. The Bertz CT molecular complexity index is 354.